The maximum atomic E-state index is 12.2. The summed E-state index contributed by atoms with van der Waals surface area (Å²) in [7, 11) is 0. The highest BCUT2D eigenvalue weighted by atomic mass is 19.3. The van der Waals surface area contributed by atoms with Crippen molar-refractivity contribution in [1.82, 2.24) is 10.6 Å². The lowest BCUT2D eigenvalue weighted by Gasteiger charge is -1.99. The van der Waals surface area contributed by atoms with E-state index >= 15 is 0 Å². The highest BCUT2D eigenvalue weighted by Gasteiger charge is 2.70. The van der Waals surface area contributed by atoms with E-state index in [1.54, 1.807) is 0 Å². The molecule has 22 heavy (non-hydrogen) atoms. The van der Waals surface area contributed by atoms with Crippen LogP contribution in [-0.2, 0) is 9.59 Å². The molecule has 126 valence electrons. The SMILES string of the molecule is FC1(F)C2CNCC21.FC1(F)C2CNCC21.O=C([O-])C(=O)[O-]. The summed E-state index contributed by atoms with van der Waals surface area (Å²) >= 11 is 0. The van der Waals surface area contributed by atoms with Crippen molar-refractivity contribution in [3.05, 3.63) is 0 Å². The van der Waals surface area contributed by atoms with Crippen LogP contribution in [0.4, 0.5) is 17.6 Å². The summed E-state index contributed by atoms with van der Waals surface area (Å²) in [5, 5.41) is 23.6. The highest BCUT2D eigenvalue weighted by molar-refractivity contribution is 6.25. The Bertz CT molecular complexity index is 408. The van der Waals surface area contributed by atoms with Crippen LogP contribution in [0, 0.1) is 23.7 Å². The second kappa shape index (κ2) is 5.65. The molecular formula is C12H14F4N2O4-2. The van der Waals surface area contributed by atoms with Gasteiger partial charge in [-0.25, -0.2) is 17.6 Å². The van der Waals surface area contributed by atoms with Gasteiger partial charge in [0.25, 0.3) is 11.8 Å². The van der Waals surface area contributed by atoms with Crippen LogP contribution in [0.5, 0.6) is 0 Å². The van der Waals surface area contributed by atoms with E-state index < -0.39 is 23.8 Å². The third-order valence-corrected chi connectivity index (χ3v) is 4.35. The molecule has 4 atom stereocenters. The number of carboxylic acid groups (broad SMARTS) is 2. The van der Waals surface area contributed by atoms with Crippen molar-refractivity contribution in [1.29, 1.82) is 0 Å². The van der Waals surface area contributed by atoms with Gasteiger partial charge in [-0.05, 0) is 0 Å². The zero-order chi connectivity index (χ0) is 16.7. The Labute approximate surface area is 122 Å². The second-order valence-electron chi connectivity index (χ2n) is 5.67. The summed E-state index contributed by atoms with van der Waals surface area (Å²) in [6.45, 7) is 2.10. The monoisotopic (exact) mass is 326 g/mol. The number of nitrogens with one attached hydrogen (secondary N) is 2. The molecule has 10 heteroatoms. The van der Waals surface area contributed by atoms with Gasteiger partial charge in [0, 0.05) is 49.9 Å². The summed E-state index contributed by atoms with van der Waals surface area (Å²) in [6.07, 6.45) is 0. The van der Waals surface area contributed by atoms with Gasteiger partial charge in [0.05, 0.1) is 11.9 Å². The van der Waals surface area contributed by atoms with E-state index in [-0.39, 0.29) is 23.7 Å². The number of aliphatic carboxylic acids is 2. The Balaban J connectivity index is 0.000000123. The van der Waals surface area contributed by atoms with Gasteiger partial charge in [-0.15, -0.1) is 0 Å². The van der Waals surface area contributed by atoms with Crippen molar-refractivity contribution in [2.45, 2.75) is 11.8 Å². The fourth-order valence-corrected chi connectivity index (χ4v) is 2.82. The number of carbonyl (C=O) groups excluding carboxylic acids is 2. The summed E-state index contributed by atoms with van der Waals surface area (Å²) in [6, 6.07) is 0. The zero-order valence-corrected chi connectivity index (χ0v) is 11.3. The van der Waals surface area contributed by atoms with Gasteiger partial charge in [0.2, 0.25) is 0 Å². The van der Waals surface area contributed by atoms with E-state index in [0.29, 0.717) is 26.2 Å². The maximum absolute atomic E-state index is 12.2. The molecule has 2 saturated heterocycles. The first-order chi connectivity index (χ1) is 10.1. The molecular weight excluding hydrogens is 312 g/mol. The van der Waals surface area contributed by atoms with Gasteiger partial charge in [-0.1, -0.05) is 0 Å². The van der Waals surface area contributed by atoms with Crippen LogP contribution in [0.15, 0.2) is 0 Å². The third-order valence-electron chi connectivity index (χ3n) is 4.35. The fraction of sp³-hybridized carbons (Fsp3) is 0.833. The summed E-state index contributed by atoms with van der Waals surface area (Å²) in [5.74, 6) is -10.2. The topological polar surface area (TPSA) is 104 Å². The lowest BCUT2D eigenvalue weighted by Crippen LogP contribution is -2.42. The average Bonchev–Trinajstić information content (AvgIpc) is 3.04. The van der Waals surface area contributed by atoms with Crippen LogP contribution in [0.25, 0.3) is 0 Å². The Morgan fingerprint density at radius 1 is 0.727 bits per heavy atom. The number of fused-ring (bicyclic) bond motifs is 2. The first kappa shape index (κ1) is 16.9. The van der Waals surface area contributed by atoms with Crippen LogP contribution in [0.2, 0.25) is 0 Å². The van der Waals surface area contributed by atoms with Gasteiger partial charge in [-0.2, -0.15) is 0 Å². The Kier molecular flexibility index (Phi) is 4.35. The van der Waals surface area contributed by atoms with Gasteiger partial charge < -0.3 is 30.4 Å². The van der Waals surface area contributed by atoms with E-state index in [2.05, 4.69) is 10.6 Å². The number of alkyl halides is 4. The quantitative estimate of drug-likeness (QED) is 0.374. The van der Waals surface area contributed by atoms with E-state index in [9.17, 15) is 17.6 Å². The van der Waals surface area contributed by atoms with E-state index in [0.717, 1.165) is 0 Å². The van der Waals surface area contributed by atoms with Crippen molar-refractivity contribution in [3.8, 4) is 0 Å². The summed E-state index contributed by atoms with van der Waals surface area (Å²) in [4.78, 5) is 17.9. The molecule has 0 aromatic heterocycles. The number of carbonyl (C=O) groups is 2. The summed E-state index contributed by atoms with van der Waals surface area (Å²) < 4.78 is 48.8. The molecule has 4 rings (SSSR count). The number of hydrogen-bond acceptors (Lipinski definition) is 6. The van der Waals surface area contributed by atoms with Gasteiger partial charge in [0.15, 0.2) is 0 Å². The van der Waals surface area contributed by atoms with E-state index in [1.165, 1.54) is 0 Å². The molecule has 2 aliphatic carbocycles. The first-order valence-corrected chi connectivity index (χ1v) is 6.69. The van der Waals surface area contributed by atoms with E-state index in [4.69, 9.17) is 19.8 Å². The third kappa shape index (κ3) is 3.17. The molecule has 0 bridgehead atoms. The summed E-state index contributed by atoms with van der Waals surface area (Å²) in [5.41, 5.74) is 0. The maximum Gasteiger partial charge on any atom is 0.257 e. The molecule has 2 aliphatic heterocycles. The highest BCUT2D eigenvalue weighted by Crippen LogP contribution is 2.57. The van der Waals surface area contributed by atoms with Crippen molar-refractivity contribution in [2.75, 3.05) is 26.2 Å². The normalized spacial score (nSPS) is 37.5. The Morgan fingerprint density at radius 2 is 0.955 bits per heavy atom. The first-order valence-electron chi connectivity index (χ1n) is 6.69. The number of hydrogen-bond donors (Lipinski definition) is 2. The average molecular weight is 326 g/mol. The van der Waals surface area contributed by atoms with E-state index in [1.807, 2.05) is 0 Å². The smallest absolute Gasteiger partial charge is 0.257 e. The van der Waals surface area contributed by atoms with Crippen molar-refractivity contribution >= 4 is 11.9 Å². The standard InChI is InChI=1S/2C5H7F2N.C2H2O4/c2*6-5(7)3-1-8-2-4(3)5;3-1(4)2(5)6/h2*3-4,8H,1-2H2;(H,3,4)(H,5,6)/p-2. The molecule has 4 aliphatic rings. The van der Waals surface area contributed by atoms with Gasteiger partial charge in [-0.3, -0.25) is 0 Å². The van der Waals surface area contributed by atoms with Crippen LogP contribution in [-0.4, -0.2) is 50.0 Å². The number of carboxylic acids is 2. The molecule has 0 amide bonds. The molecule has 0 aromatic rings. The van der Waals surface area contributed by atoms with Gasteiger partial charge >= 0.3 is 0 Å². The molecule has 6 nitrogen and oxygen atoms in total. The molecule has 2 N–H and O–H groups in total. The number of rotatable bonds is 0. The molecule has 2 saturated carbocycles. The minimum absolute atomic E-state index is 0.317. The molecule has 0 aromatic carbocycles. The van der Waals surface area contributed by atoms with Crippen LogP contribution >= 0.6 is 0 Å². The number of piperidine rings is 2. The van der Waals surface area contributed by atoms with Crippen LogP contribution in [0.3, 0.4) is 0 Å². The Morgan fingerprint density at radius 3 is 1.05 bits per heavy atom. The number of halogens is 4. The predicted molar refractivity (Wildman–Crippen MR) is 59.6 cm³/mol. The Hall–Kier alpha value is -1.42. The predicted octanol–water partition coefficient (Wildman–Crippen LogP) is -2.57. The molecule has 4 unspecified atom stereocenters. The molecule has 2 heterocycles. The molecule has 4 fully saturated rings. The van der Waals surface area contributed by atoms with Gasteiger partial charge in [0.1, 0.15) is 0 Å². The lowest BCUT2D eigenvalue weighted by atomic mass is 10.4. The van der Waals surface area contributed by atoms with Crippen molar-refractivity contribution in [3.63, 3.8) is 0 Å². The van der Waals surface area contributed by atoms with Crippen molar-refractivity contribution in [2.24, 2.45) is 23.7 Å². The minimum atomic E-state index is -2.30. The molecule has 0 radical (unpaired) electrons. The largest absolute Gasteiger partial charge is 0.543 e. The lowest BCUT2D eigenvalue weighted by molar-refractivity contribution is -0.345. The fourth-order valence-electron chi connectivity index (χ4n) is 2.82. The molecule has 0 spiro atoms. The zero-order valence-electron chi connectivity index (χ0n) is 11.3. The van der Waals surface area contributed by atoms with Crippen LogP contribution in [0.1, 0.15) is 0 Å². The minimum Gasteiger partial charge on any atom is -0.543 e. The van der Waals surface area contributed by atoms with Crippen LogP contribution < -0.4 is 20.8 Å². The van der Waals surface area contributed by atoms with Crippen molar-refractivity contribution < 1.29 is 37.4 Å². The second-order valence-corrected chi connectivity index (χ2v) is 5.67.